The van der Waals surface area contributed by atoms with Crippen LogP contribution in [0.15, 0.2) is 60.0 Å². The summed E-state index contributed by atoms with van der Waals surface area (Å²) in [6, 6.07) is 11.3. The molecule has 0 radical (unpaired) electrons. The number of aryl methyl sites for hydroxylation is 1. The number of amides is 2. The van der Waals surface area contributed by atoms with Gasteiger partial charge in [0, 0.05) is 30.2 Å². The molecular formula is C27H33N3O5S. The number of hydrogen-bond donors (Lipinski definition) is 2. The number of piperidine rings is 1. The number of carbonyl (C=O) groups excluding carboxylic acids is 2. The molecule has 2 aromatic rings. The van der Waals surface area contributed by atoms with Crippen molar-refractivity contribution >= 4 is 21.8 Å². The molecule has 0 bridgehead atoms. The van der Waals surface area contributed by atoms with Gasteiger partial charge in [-0.15, -0.1) is 0 Å². The minimum Gasteiger partial charge on any atom is -0.493 e. The van der Waals surface area contributed by atoms with Crippen molar-refractivity contribution in [2.45, 2.75) is 69.1 Å². The Morgan fingerprint density at radius 2 is 1.81 bits per heavy atom. The average molecular weight is 512 g/mol. The molecule has 2 aliphatic rings. The summed E-state index contributed by atoms with van der Waals surface area (Å²) in [6.45, 7) is 8.26. The number of benzene rings is 2. The van der Waals surface area contributed by atoms with E-state index >= 15 is 0 Å². The molecule has 0 spiro atoms. The average Bonchev–Trinajstić information content (AvgIpc) is 2.86. The van der Waals surface area contributed by atoms with Gasteiger partial charge in [0.2, 0.25) is 15.9 Å². The summed E-state index contributed by atoms with van der Waals surface area (Å²) in [5, 5.41) is 5.77. The summed E-state index contributed by atoms with van der Waals surface area (Å²) in [5.41, 5.74) is 2.53. The molecule has 0 aliphatic carbocycles. The van der Waals surface area contributed by atoms with Crippen LogP contribution in [0.4, 0.5) is 0 Å². The summed E-state index contributed by atoms with van der Waals surface area (Å²) in [6.07, 6.45) is 4.19. The number of rotatable bonds is 7. The SMILES string of the molecule is C=CC(=O)NC1CC(C)N(S(=O)(=O)c2ccc(C(=O)NCc3ccc4c(c3)CCCO4)cc2)C(C)C1. The molecule has 2 heterocycles. The Bertz CT molecular complexity index is 1230. The second-order valence-electron chi connectivity index (χ2n) is 9.52. The second kappa shape index (κ2) is 10.8. The minimum absolute atomic E-state index is 0.110. The van der Waals surface area contributed by atoms with Crippen LogP contribution in [0.5, 0.6) is 5.75 Å². The molecule has 2 N–H and O–H groups in total. The molecule has 1 saturated heterocycles. The minimum atomic E-state index is -3.77. The normalized spacial score (nSPS) is 22.1. The molecule has 9 heteroatoms. The van der Waals surface area contributed by atoms with E-state index in [9.17, 15) is 18.0 Å². The maximum Gasteiger partial charge on any atom is 0.251 e. The number of sulfonamides is 1. The molecule has 0 aromatic heterocycles. The Labute approximate surface area is 212 Å². The van der Waals surface area contributed by atoms with E-state index in [1.54, 1.807) is 0 Å². The highest BCUT2D eigenvalue weighted by Crippen LogP contribution is 2.30. The van der Waals surface area contributed by atoms with Gasteiger partial charge in [0.25, 0.3) is 5.91 Å². The summed E-state index contributed by atoms with van der Waals surface area (Å²) in [7, 11) is -3.77. The first-order chi connectivity index (χ1) is 17.2. The summed E-state index contributed by atoms with van der Waals surface area (Å²) >= 11 is 0. The van der Waals surface area contributed by atoms with E-state index < -0.39 is 10.0 Å². The predicted octanol–water partition coefficient (Wildman–Crippen LogP) is 3.17. The molecule has 0 saturated carbocycles. The quantitative estimate of drug-likeness (QED) is 0.556. The van der Waals surface area contributed by atoms with E-state index in [0.717, 1.165) is 36.3 Å². The lowest BCUT2D eigenvalue weighted by Crippen LogP contribution is -2.54. The zero-order valence-corrected chi connectivity index (χ0v) is 21.5. The van der Waals surface area contributed by atoms with Gasteiger partial charge in [0.05, 0.1) is 11.5 Å². The van der Waals surface area contributed by atoms with Crippen LogP contribution in [0.2, 0.25) is 0 Å². The first-order valence-electron chi connectivity index (χ1n) is 12.3. The lowest BCUT2D eigenvalue weighted by atomic mass is 9.95. The van der Waals surface area contributed by atoms with E-state index in [2.05, 4.69) is 23.3 Å². The molecule has 2 atom stereocenters. The monoisotopic (exact) mass is 511 g/mol. The first-order valence-corrected chi connectivity index (χ1v) is 13.7. The molecule has 4 rings (SSSR count). The molecule has 2 unspecified atom stereocenters. The smallest absolute Gasteiger partial charge is 0.251 e. The van der Waals surface area contributed by atoms with Gasteiger partial charge in [0.1, 0.15) is 5.75 Å². The van der Waals surface area contributed by atoms with Crippen LogP contribution in [-0.2, 0) is 27.8 Å². The van der Waals surface area contributed by atoms with Crippen molar-refractivity contribution in [3.05, 3.63) is 71.8 Å². The van der Waals surface area contributed by atoms with Gasteiger partial charge in [-0.05, 0) is 87.1 Å². The molecule has 2 amide bonds. The van der Waals surface area contributed by atoms with Crippen LogP contribution in [0.3, 0.4) is 0 Å². The Morgan fingerprint density at radius 1 is 1.11 bits per heavy atom. The predicted molar refractivity (Wildman–Crippen MR) is 137 cm³/mol. The van der Waals surface area contributed by atoms with Gasteiger partial charge in [-0.25, -0.2) is 8.42 Å². The Balaban J connectivity index is 1.39. The fourth-order valence-electron chi connectivity index (χ4n) is 5.12. The van der Waals surface area contributed by atoms with Crippen LogP contribution in [-0.4, -0.2) is 49.3 Å². The molecule has 2 aliphatic heterocycles. The zero-order chi connectivity index (χ0) is 25.9. The Kier molecular flexibility index (Phi) is 7.80. The van der Waals surface area contributed by atoms with Crippen LogP contribution in [0.1, 0.15) is 54.6 Å². The van der Waals surface area contributed by atoms with Gasteiger partial charge in [0.15, 0.2) is 0 Å². The van der Waals surface area contributed by atoms with E-state index in [4.69, 9.17) is 4.74 Å². The lowest BCUT2D eigenvalue weighted by Gasteiger charge is -2.41. The highest BCUT2D eigenvalue weighted by atomic mass is 32.2. The highest BCUT2D eigenvalue weighted by Gasteiger charge is 2.39. The van der Waals surface area contributed by atoms with E-state index in [-0.39, 0.29) is 34.8 Å². The van der Waals surface area contributed by atoms with Gasteiger partial charge < -0.3 is 15.4 Å². The largest absolute Gasteiger partial charge is 0.493 e. The van der Waals surface area contributed by atoms with Crippen molar-refractivity contribution in [3.63, 3.8) is 0 Å². The number of nitrogens with one attached hydrogen (secondary N) is 2. The van der Waals surface area contributed by atoms with Gasteiger partial charge >= 0.3 is 0 Å². The molecular weight excluding hydrogens is 478 g/mol. The molecule has 36 heavy (non-hydrogen) atoms. The summed E-state index contributed by atoms with van der Waals surface area (Å²) in [5.74, 6) is 0.376. The van der Waals surface area contributed by atoms with Crippen LogP contribution < -0.4 is 15.4 Å². The topological polar surface area (TPSA) is 105 Å². The van der Waals surface area contributed by atoms with E-state index in [1.807, 2.05) is 26.0 Å². The van der Waals surface area contributed by atoms with Gasteiger partial charge in [-0.3, -0.25) is 9.59 Å². The maximum absolute atomic E-state index is 13.4. The third-order valence-corrected chi connectivity index (χ3v) is 8.91. The van der Waals surface area contributed by atoms with Crippen molar-refractivity contribution in [2.24, 2.45) is 0 Å². The third-order valence-electron chi connectivity index (χ3n) is 6.77. The van der Waals surface area contributed by atoms with Gasteiger partial charge in [-0.2, -0.15) is 4.31 Å². The highest BCUT2D eigenvalue weighted by molar-refractivity contribution is 7.89. The summed E-state index contributed by atoms with van der Waals surface area (Å²) < 4.78 is 34.0. The zero-order valence-electron chi connectivity index (χ0n) is 20.7. The van der Waals surface area contributed by atoms with Crippen LogP contribution >= 0.6 is 0 Å². The number of nitrogens with zero attached hydrogens (tertiary/aromatic N) is 1. The summed E-state index contributed by atoms with van der Waals surface area (Å²) in [4.78, 5) is 24.5. The Morgan fingerprint density at radius 3 is 2.47 bits per heavy atom. The van der Waals surface area contributed by atoms with Crippen molar-refractivity contribution in [1.82, 2.24) is 14.9 Å². The fraction of sp³-hybridized carbons (Fsp3) is 0.407. The van der Waals surface area contributed by atoms with Crippen molar-refractivity contribution < 1.29 is 22.7 Å². The molecule has 192 valence electrons. The van der Waals surface area contributed by atoms with Crippen LogP contribution in [0.25, 0.3) is 0 Å². The number of hydrogen-bond acceptors (Lipinski definition) is 5. The number of ether oxygens (including phenoxy) is 1. The molecule has 2 aromatic carbocycles. The van der Waals surface area contributed by atoms with E-state index in [1.165, 1.54) is 34.6 Å². The number of fused-ring (bicyclic) bond motifs is 1. The van der Waals surface area contributed by atoms with Gasteiger partial charge in [-0.1, -0.05) is 18.7 Å². The van der Waals surface area contributed by atoms with Crippen molar-refractivity contribution in [1.29, 1.82) is 0 Å². The molecule has 8 nitrogen and oxygen atoms in total. The van der Waals surface area contributed by atoms with E-state index in [0.29, 0.717) is 24.9 Å². The van der Waals surface area contributed by atoms with Crippen molar-refractivity contribution in [3.8, 4) is 5.75 Å². The maximum atomic E-state index is 13.4. The Hall–Kier alpha value is -3.17. The third kappa shape index (κ3) is 5.63. The second-order valence-corrected chi connectivity index (χ2v) is 11.4. The molecule has 1 fully saturated rings. The first kappa shape index (κ1) is 25.9. The number of carbonyl (C=O) groups is 2. The standard InChI is InChI=1S/C27H33N3O5S/c1-4-26(31)29-23-14-18(2)30(19(3)15-23)36(33,34)24-10-8-21(9-11-24)27(32)28-17-20-7-12-25-22(16-20)6-5-13-35-25/h4,7-12,16,18-19,23H,1,5-6,13-15,17H2,2-3H3,(H,28,32)(H,29,31). The fourth-order valence-corrected chi connectivity index (χ4v) is 6.96. The van der Waals surface area contributed by atoms with Crippen molar-refractivity contribution in [2.75, 3.05) is 6.61 Å². The van der Waals surface area contributed by atoms with Crippen LogP contribution in [0, 0.1) is 0 Å². The lowest BCUT2D eigenvalue weighted by molar-refractivity contribution is -0.117.